The standard InChI is InChI=1S/C12H17FO3/c1-7(2)16-12-6-10(13)9(8(3)14)5-11(12)15-4/h5-8,14H,1-4H3. The van der Waals surface area contributed by atoms with Gasteiger partial charge in [0.15, 0.2) is 11.5 Å². The summed E-state index contributed by atoms with van der Waals surface area (Å²) in [6.45, 7) is 5.20. The smallest absolute Gasteiger partial charge is 0.164 e. The van der Waals surface area contributed by atoms with E-state index in [9.17, 15) is 9.50 Å². The summed E-state index contributed by atoms with van der Waals surface area (Å²) in [5, 5.41) is 9.36. The summed E-state index contributed by atoms with van der Waals surface area (Å²) < 4.78 is 24.1. The van der Waals surface area contributed by atoms with Gasteiger partial charge in [-0.05, 0) is 26.8 Å². The van der Waals surface area contributed by atoms with Gasteiger partial charge in [-0.15, -0.1) is 0 Å². The van der Waals surface area contributed by atoms with Crippen molar-refractivity contribution in [1.82, 2.24) is 0 Å². The molecule has 16 heavy (non-hydrogen) atoms. The molecule has 0 radical (unpaired) electrons. The lowest BCUT2D eigenvalue weighted by Crippen LogP contribution is -2.08. The highest BCUT2D eigenvalue weighted by atomic mass is 19.1. The zero-order valence-corrected chi connectivity index (χ0v) is 9.95. The van der Waals surface area contributed by atoms with E-state index < -0.39 is 11.9 Å². The molecule has 1 atom stereocenters. The third-order valence-corrected chi connectivity index (χ3v) is 2.10. The Bertz CT molecular complexity index is 362. The fourth-order valence-electron chi connectivity index (χ4n) is 1.38. The van der Waals surface area contributed by atoms with Crippen molar-refractivity contribution in [3.05, 3.63) is 23.5 Å². The van der Waals surface area contributed by atoms with E-state index >= 15 is 0 Å². The minimum Gasteiger partial charge on any atom is -0.493 e. The van der Waals surface area contributed by atoms with Gasteiger partial charge in [0.25, 0.3) is 0 Å². The molecule has 1 aromatic rings. The first-order valence-corrected chi connectivity index (χ1v) is 5.17. The third kappa shape index (κ3) is 2.85. The van der Waals surface area contributed by atoms with Gasteiger partial charge in [-0.3, -0.25) is 0 Å². The number of ether oxygens (including phenoxy) is 2. The van der Waals surface area contributed by atoms with E-state index in [4.69, 9.17) is 9.47 Å². The van der Waals surface area contributed by atoms with Crippen LogP contribution in [-0.4, -0.2) is 18.3 Å². The van der Waals surface area contributed by atoms with Crippen LogP contribution >= 0.6 is 0 Å². The lowest BCUT2D eigenvalue weighted by molar-refractivity contribution is 0.191. The van der Waals surface area contributed by atoms with Gasteiger partial charge < -0.3 is 14.6 Å². The molecule has 90 valence electrons. The Balaban J connectivity index is 3.15. The van der Waals surface area contributed by atoms with Crippen LogP contribution in [0.25, 0.3) is 0 Å². The number of hydrogen-bond donors (Lipinski definition) is 1. The number of halogens is 1. The molecule has 1 unspecified atom stereocenters. The van der Waals surface area contributed by atoms with Gasteiger partial charge in [0.05, 0.1) is 19.3 Å². The van der Waals surface area contributed by atoms with E-state index in [-0.39, 0.29) is 11.7 Å². The molecule has 0 aliphatic carbocycles. The molecule has 0 amide bonds. The monoisotopic (exact) mass is 228 g/mol. The molecule has 0 saturated carbocycles. The van der Waals surface area contributed by atoms with Crippen LogP contribution in [0.4, 0.5) is 4.39 Å². The van der Waals surface area contributed by atoms with E-state index in [0.717, 1.165) is 0 Å². The predicted octanol–water partition coefficient (Wildman–Crippen LogP) is 2.67. The summed E-state index contributed by atoms with van der Waals surface area (Å²) in [6, 6.07) is 2.69. The summed E-state index contributed by atoms with van der Waals surface area (Å²) in [7, 11) is 1.48. The lowest BCUT2D eigenvalue weighted by Gasteiger charge is -2.16. The van der Waals surface area contributed by atoms with Crippen molar-refractivity contribution in [3.63, 3.8) is 0 Å². The highest BCUT2D eigenvalue weighted by Gasteiger charge is 2.15. The molecule has 0 saturated heterocycles. The molecule has 0 aliphatic rings. The maximum absolute atomic E-state index is 13.6. The average Bonchev–Trinajstić information content (AvgIpc) is 2.16. The van der Waals surface area contributed by atoms with Crippen LogP contribution in [0.3, 0.4) is 0 Å². The SMILES string of the molecule is COc1cc(C(C)O)c(F)cc1OC(C)C. The fourth-order valence-corrected chi connectivity index (χ4v) is 1.38. The number of methoxy groups -OCH3 is 1. The molecule has 1 rings (SSSR count). The van der Waals surface area contributed by atoms with Gasteiger partial charge in [0, 0.05) is 11.6 Å². The molecule has 0 fully saturated rings. The Morgan fingerprint density at radius 2 is 1.81 bits per heavy atom. The van der Waals surface area contributed by atoms with Gasteiger partial charge in [0.1, 0.15) is 5.82 Å². The van der Waals surface area contributed by atoms with Crippen molar-refractivity contribution in [2.24, 2.45) is 0 Å². The van der Waals surface area contributed by atoms with Gasteiger partial charge in [-0.1, -0.05) is 0 Å². The van der Waals surface area contributed by atoms with Crippen LogP contribution in [0.15, 0.2) is 12.1 Å². The second-order valence-corrected chi connectivity index (χ2v) is 3.87. The molecule has 1 N–H and O–H groups in total. The highest BCUT2D eigenvalue weighted by Crippen LogP contribution is 2.33. The normalized spacial score (nSPS) is 12.7. The van der Waals surface area contributed by atoms with Crippen molar-refractivity contribution >= 4 is 0 Å². The molecule has 0 bridgehead atoms. The molecule has 0 heterocycles. The van der Waals surface area contributed by atoms with Crippen LogP contribution in [0, 0.1) is 5.82 Å². The van der Waals surface area contributed by atoms with E-state index in [0.29, 0.717) is 11.5 Å². The molecule has 3 nitrogen and oxygen atoms in total. The summed E-state index contributed by atoms with van der Waals surface area (Å²) in [6.07, 6.45) is -0.937. The Morgan fingerprint density at radius 1 is 1.19 bits per heavy atom. The average molecular weight is 228 g/mol. The topological polar surface area (TPSA) is 38.7 Å². The Kier molecular flexibility index (Phi) is 4.12. The number of aliphatic hydroxyl groups excluding tert-OH is 1. The zero-order chi connectivity index (χ0) is 12.3. The van der Waals surface area contributed by atoms with Gasteiger partial charge in [0.2, 0.25) is 0 Å². The first kappa shape index (κ1) is 12.8. The number of aliphatic hydroxyl groups is 1. The van der Waals surface area contributed by atoms with Crippen LogP contribution in [-0.2, 0) is 0 Å². The van der Waals surface area contributed by atoms with E-state index in [2.05, 4.69) is 0 Å². The zero-order valence-electron chi connectivity index (χ0n) is 9.95. The van der Waals surface area contributed by atoms with Gasteiger partial charge in [-0.2, -0.15) is 0 Å². The predicted molar refractivity (Wildman–Crippen MR) is 59.3 cm³/mol. The van der Waals surface area contributed by atoms with Crippen molar-refractivity contribution < 1.29 is 19.0 Å². The van der Waals surface area contributed by atoms with E-state index in [1.54, 1.807) is 0 Å². The Morgan fingerprint density at radius 3 is 2.25 bits per heavy atom. The van der Waals surface area contributed by atoms with Crippen molar-refractivity contribution in [2.75, 3.05) is 7.11 Å². The summed E-state index contributed by atoms with van der Waals surface area (Å²) in [5.41, 5.74) is 0.202. The van der Waals surface area contributed by atoms with Crippen LogP contribution in [0.5, 0.6) is 11.5 Å². The maximum atomic E-state index is 13.6. The van der Waals surface area contributed by atoms with Gasteiger partial charge in [-0.25, -0.2) is 4.39 Å². The van der Waals surface area contributed by atoms with E-state index in [1.807, 2.05) is 13.8 Å². The largest absolute Gasteiger partial charge is 0.493 e. The van der Waals surface area contributed by atoms with Crippen LogP contribution < -0.4 is 9.47 Å². The summed E-state index contributed by atoms with van der Waals surface area (Å²) >= 11 is 0. The lowest BCUT2D eigenvalue weighted by atomic mass is 10.1. The molecule has 0 aromatic heterocycles. The fraction of sp³-hybridized carbons (Fsp3) is 0.500. The highest BCUT2D eigenvalue weighted by molar-refractivity contribution is 5.44. The molecule has 0 aliphatic heterocycles. The maximum Gasteiger partial charge on any atom is 0.164 e. The number of hydrogen-bond acceptors (Lipinski definition) is 3. The quantitative estimate of drug-likeness (QED) is 0.861. The van der Waals surface area contributed by atoms with Crippen LogP contribution in [0.2, 0.25) is 0 Å². The molecule has 4 heteroatoms. The Labute approximate surface area is 94.8 Å². The second-order valence-electron chi connectivity index (χ2n) is 3.87. The van der Waals surface area contributed by atoms with Crippen LogP contribution in [0.1, 0.15) is 32.4 Å². The minimum atomic E-state index is -0.873. The minimum absolute atomic E-state index is 0.0642. The van der Waals surface area contributed by atoms with Crippen molar-refractivity contribution in [1.29, 1.82) is 0 Å². The summed E-state index contributed by atoms with van der Waals surface area (Å²) in [5.74, 6) is 0.275. The van der Waals surface area contributed by atoms with Gasteiger partial charge >= 0.3 is 0 Å². The summed E-state index contributed by atoms with van der Waals surface area (Å²) in [4.78, 5) is 0. The third-order valence-electron chi connectivity index (χ3n) is 2.10. The molecular weight excluding hydrogens is 211 g/mol. The second kappa shape index (κ2) is 5.16. The number of rotatable bonds is 4. The molecular formula is C12H17FO3. The molecule has 0 spiro atoms. The Hall–Kier alpha value is -1.29. The first-order chi connectivity index (χ1) is 7.45. The van der Waals surface area contributed by atoms with Crippen molar-refractivity contribution in [2.45, 2.75) is 33.0 Å². The number of benzene rings is 1. The van der Waals surface area contributed by atoms with E-state index in [1.165, 1.54) is 26.2 Å². The van der Waals surface area contributed by atoms with Crippen molar-refractivity contribution in [3.8, 4) is 11.5 Å². The molecule has 1 aromatic carbocycles. The first-order valence-electron chi connectivity index (χ1n) is 5.17.